The molecule has 0 aliphatic rings. The summed E-state index contributed by atoms with van der Waals surface area (Å²) in [5.74, 6) is 1.99. The van der Waals surface area contributed by atoms with Gasteiger partial charge in [0.1, 0.15) is 0 Å². The number of nitrogens with two attached hydrogens (primary N) is 1. The van der Waals surface area contributed by atoms with Crippen LogP contribution >= 0.6 is 0 Å². The molecule has 0 saturated carbocycles. The van der Waals surface area contributed by atoms with E-state index in [-0.39, 0.29) is 18.7 Å². The molecule has 4 heteroatoms. The predicted molar refractivity (Wildman–Crippen MR) is 44.7 cm³/mol. The van der Waals surface area contributed by atoms with Crippen molar-refractivity contribution in [3.8, 4) is 18.4 Å². The first-order chi connectivity index (χ1) is 5.72. The molecule has 4 nitrogen and oxygen atoms in total. The highest BCUT2D eigenvalue weighted by molar-refractivity contribution is 5.81. The van der Waals surface area contributed by atoms with E-state index >= 15 is 0 Å². The average Bonchev–Trinajstić information content (AvgIpc) is 2.05. The summed E-state index contributed by atoms with van der Waals surface area (Å²) in [5, 5.41) is 10.6. The minimum atomic E-state index is -0.659. The Hall–Kier alpha value is -1.52. The van der Waals surface area contributed by atoms with Crippen molar-refractivity contribution in [3.63, 3.8) is 0 Å². The molecule has 0 heterocycles. The molecule has 3 N–H and O–H groups in total. The van der Waals surface area contributed by atoms with Crippen LogP contribution in [-0.4, -0.2) is 18.5 Å². The fourth-order valence-electron chi connectivity index (χ4n) is 0.592. The van der Waals surface area contributed by atoms with Crippen molar-refractivity contribution >= 4 is 5.91 Å². The van der Waals surface area contributed by atoms with Crippen LogP contribution in [0.15, 0.2) is 0 Å². The van der Waals surface area contributed by atoms with Gasteiger partial charge in [0, 0.05) is 13.0 Å². The predicted octanol–water partition coefficient (Wildman–Crippen LogP) is -0.633. The second kappa shape index (κ2) is 6.21. The third-order valence-electron chi connectivity index (χ3n) is 1.21. The summed E-state index contributed by atoms with van der Waals surface area (Å²) >= 11 is 0. The summed E-state index contributed by atoms with van der Waals surface area (Å²) in [4.78, 5) is 11.0. The van der Waals surface area contributed by atoms with Crippen LogP contribution < -0.4 is 11.1 Å². The van der Waals surface area contributed by atoms with E-state index in [1.807, 2.05) is 6.07 Å². The molecule has 1 atom stereocenters. The highest BCUT2D eigenvalue weighted by Crippen LogP contribution is 1.85. The molecule has 0 spiro atoms. The van der Waals surface area contributed by atoms with E-state index in [0.29, 0.717) is 6.54 Å². The van der Waals surface area contributed by atoms with Gasteiger partial charge in [0.15, 0.2) is 0 Å². The Morgan fingerprint density at radius 2 is 2.42 bits per heavy atom. The molecule has 0 bridgehead atoms. The summed E-state index contributed by atoms with van der Waals surface area (Å²) in [7, 11) is 0. The monoisotopic (exact) mass is 165 g/mol. The number of hydrogen-bond donors (Lipinski definition) is 2. The zero-order valence-electron chi connectivity index (χ0n) is 6.71. The average molecular weight is 165 g/mol. The molecule has 0 aromatic rings. The number of nitrogens with one attached hydrogen (secondary N) is 1. The molecule has 0 rings (SSSR count). The van der Waals surface area contributed by atoms with E-state index in [4.69, 9.17) is 17.4 Å². The van der Waals surface area contributed by atoms with Gasteiger partial charge in [-0.3, -0.25) is 4.79 Å². The van der Waals surface area contributed by atoms with Gasteiger partial charge in [-0.25, -0.2) is 0 Å². The van der Waals surface area contributed by atoms with E-state index < -0.39 is 6.04 Å². The Morgan fingerprint density at radius 3 is 2.92 bits per heavy atom. The fourth-order valence-corrected chi connectivity index (χ4v) is 0.592. The van der Waals surface area contributed by atoms with Gasteiger partial charge >= 0.3 is 0 Å². The van der Waals surface area contributed by atoms with Gasteiger partial charge in [0.2, 0.25) is 5.91 Å². The zero-order valence-corrected chi connectivity index (χ0v) is 6.71. The molecule has 12 heavy (non-hydrogen) atoms. The summed E-state index contributed by atoms with van der Waals surface area (Å²) in [6.45, 7) is 0.327. The lowest BCUT2D eigenvalue weighted by Gasteiger charge is -2.07. The van der Waals surface area contributed by atoms with E-state index in [2.05, 4.69) is 11.2 Å². The highest BCUT2D eigenvalue weighted by Gasteiger charge is 2.09. The van der Waals surface area contributed by atoms with Gasteiger partial charge < -0.3 is 11.1 Å². The van der Waals surface area contributed by atoms with Crippen LogP contribution in [-0.2, 0) is 4.79 Å². The fraction of sp³-hybridized carbons (Fsp3) is 0.500. The third kappa shape index (κ3) is 4.32. The second-order valence-corrected chi connectivity index (χ2v) is 2.21. The van der Waals surface area contributed by atoms with Gasteiger partial charge in [-0.1, -0.05) is 0 Å². The molecule has 0 fully saturated rings. The normalized spacial score (nSPS) is 10.9. The summed E-state index contributed by atoms with van der Waals surface area (Å²) in [6, 6.07) is 1.24. The Balaban J connectivity index is 3.60. The molecule has 0 aromatic carbocycles. The van der Waals surface area contributed by atoms with E-state index in [9.17, 15) is 4.79 Å². The Bertz CT molecular complexity index is 223. The maximum atomic E-state index is 11.0. The van der Waals surface area contributed by atoms with E-state index in [0.717, 1.165) is 0 Å². The van der Waals surface area contributed by atoms with Crippen molar-refractivity contribution in [2.45, 2.75) is 18.9 Å². The standard InChI is InChI=1S/C8H11N3O/c1-2-4-7(10)8(12)11-6-3-5-9/h1,7H,3-4,6,10H2,(H,11,12). The second-order valence-electron chi connectivity index (χ2n) is 2.21. The number of amides is 1. The van der Waals surface area contributed by atoms with Crippen LogP contribution in [0.2, 0.25) is 0 Å². The number of carbonyl (C=O) groups is 1. The maximum Gasteiger partial charge on any atom is 0.237 e. The molecule has 0 radical (unpaired) electrons. The lowest BCUT2D eigenvalue weighted by molar-refractivity contribution is -0.122. The minimum Gasteiger partial charge on any atom is -0.354 e. The van der Waals surface area contributed by atoms with Gasteiger partial charge in [0.05, 0.1) is 18.5 Å². The lowest BCUT2D eigenvalue weighted by Crippen LogP contribution is -2.40. The van der Waals surface area contributed by atoms with Crippen molar-refractivity contribution in [2.75, 3.05) is 6.54 Å². The first-order valence-electron chi connectivity index (χ1n) is 3.56. The van der Waals surface area contributed by atoms with Crippen molar-refractivity contribution in [2.24, 2.45) is 5.73 Å². The van der Waals surface area contributed by atoms with Crippen molar-refractivity contribution < 1.29 is 4.79 Å². The molecular weight excluding hydrogens is 154 g/mol. The first-order valence-corrected chi connectivity index (χ1v) is 3.56. The largest absolute Gasteiger partial charge is 0.354 e. The van der Waals surface area contributed by atoms with Gasteiger partial charge in [0.25, 0.3) is 0 Å². The smallest absolute Gasteiger partial charge is 0.237 e. The minimum absolute atomic E-state index is 0.221. The van der Waals surface area contributed by atoms with E-state index in [1.165, 1.54) is 0 Å². The van der Waals surface area contributed by atoms with E-state index in [1.54, 1.807) is 0 Å². The third-order valence-corrected chi connectivity index (χ3v) is 1.21. The number of terminal acetylenes is 1. The van der Waals surface area contributed by atoms with Crippen LogP contribution in [0.5, 0.6) is 0 Å². The molecule has 64 valence electrons. The van der Waals surface area contributed by atoms with Crippen LogP contribution in [0, 0.1) is 23.7 Å². The number of rotatable bonds is 4. The lowest BCUT2D eigenvalue weighted by atomic mass is 10.2. The Kier molecular flexibility index (Phi) is 5.42. The maximum absolute atomic E-state index is 11.0. The molecule has 1 unspecified atom stereocenters. The molecule has 0 saturated heterocycles. The highest BCUT2D eigenvalue weighted by atomic mass is 16.2. The number of hydrogen-bond acceptors (Lipinski definition) is 3. The number of nitriles is 1. The first kappa shape index (κ1) is 10.5. The van der Waals surface area contributed by atoms with Crippen LogP contribution in [0.25, 0.3) is 0 Å². The van der Waals surface area contributed by atoms with Gasteiger partial charge in [-0.2, -0.15) is 5.26 Å². The van der Waals surface area contributed by atoms with Gasteiger partial charge in [-0.05, 0) is 0 Å². The molecule has 0 aromatic heterocycles. The summed E-state index contributed by atoms with van der Waals surface area (Å²) in [6.07, 6.45) is 5.47. The topological polar surface area (TPSA) is 78.9 Å². The van der Waals surface area contributed by atoms with Gasteiger partial charge in [-0.15, -0.1) is 12.3 Å². The molecule has 1 amide bonds. The zero-order chi connectivity index (χ0) is 9.40. The summed E-state index contributed by atoms with van der Waals surface area (Å²) in [5.41, 5.74) is 5.37. The number of carbonyl (C=O) groups excluding carboxylic acids is 1. The van der Waals surface area contributed by atoms with Crippen molar-refractivity contribution in [1.82, 2.24) is 5.32 Å². The van der Waals surface area contributed by atoms with Crippen molar-refractivity contribution in [3.05, 3.63) is 0 Å². The van der Waals surface area contributed by atoms with Crippen LogP contribution in [0.3, 0.4) is 0 Å². The Labute approximate surface area is 71.7 Å². The molecule has 0 aliphatic heterocycles. The molecule has 0 aliphatic carbocycles. The Morgan fingerprint density at radius 1 is 1.75 bits per heavy atom. The SMILES string of the molecule is C#CCC(N)C(=O)NCCC#N. The number of nitrogens with zero attached hydrogens (tertiary/aromatic N) is 1. The summed E-state index contributed by atoms with van der Waals surface area (Å²) < 4.78 is 0. The van der Waals surface area contributed by atoms with Crippen LogP contribution in [0.1, 0.15) is 12.8 Å². The quantitative estimate of drug-likeness (QED) is 0.430. The van der Waals surface area contributed by atoms with Crippen molar-refractivity contribution in [1.29, 1.82) is 5.26 Å². The molecular formula is C8H11N3O. The van der Waals surface area contributed by atoms with Crippen LogP contribution in [0.4, 0.5) is 0 Å².